The van der Waals surface area contributed by atoms with Crippen LogP contribution in [0.5, 0.6) is 5.75 Å². The third-order valence-corrected chi connectivity index (χ3v) is 3.47. The SMILES string of the molecule is Cc1ccc(-c2nnc([C@@H](C)OC(=O)c3ccc(O)cc3)o2)cc1. The maximum Gasteiger partial charge on any atom is 0.338 e. The van der Waals surface area contributed by atoms with Gasteiger partial charge in [-0.15, -0.1) is 10.2 Å². The Balaban J connectivity index is 1.71. The number of benzene rings is 2. The normalized spacial score (nSPS) is 11.9. The molecule has 3 rings (SSSR count). The van der Waals surface area contributed by atoms with Crippen molar-refractivity contribution in [2.75, 3.05) is 0 Å². The summed E-state index contributed by atoms with van der Waals surface area (Å²) >= 11 is 0. The van der Waals surface area contributed by atoms with Crippen molar-refractivity contribution in [2.24, 2.45) is 0 Å². The summed E-state index contributed by atoms with van der Waals surface area (Å²) in [4.78, 5) is 12.1. The van der Waals surface area contributed by atoms with Crippen molar-refractivity contribution in [1.29, 1.82) is 0 Å². The molecule has 0 saturated heterocycles. The molecule has 0 bridgehead atoms. The number of nitrogens with zero attached hydrogens (tertiary/aromatic N) is 2. The molecule has 0 amide bonds. The Morgan fingerprint density at radius 2 is 1.75 bits per heavy atom. The number of hydrogen-bond acceptors (Lipinski definition) is 6. The summed E-state index contributed by atoms with van der Waals surface area (Å²) in [5.41, 5.74) is 2.27. The van der Waals surface area contributed by atoms with Crippen LogP contribution >= 0.6 is 0 Å². The van der Waals surface area contributed by atoms with Crippen molar-refractivity contribution in [3.8, 4) is 17.2 Å². The molecule has 3 aromatic rings. The van der Waals surface area contributed by atoms with Gasteiger partial charge in [-0.25, -0.2) is 4.79 Å². The quantitative estimate of drug-likeness (QED) is 0.737. The minimum atomic E-state index is -0.682. The Kier molecular flexibility index (Phi) is 4.29. The number of phenolic OH excluding ortho intramolecular Hbond substituents is 1. The number of ether oxygens (including phenoxy) is 1. The molecule has 0 aliphatic heterocycles. The van der Waals surface area contributed by atoms with Crippen LogP contribution in [-0.4, -0.2) is 21.3 Å². The van der Waals surface area contributed by atoms with E-state index in [2.05, 4.69) is 10.2 Å². The van der Waals surface area contributed by atoms with Crippen LogP contribution in [0.15, 0.2) is 52.9 Å². The fourth-order valence-corrected chi connectivity index (χ4v) is 2.09. The molecule has 1 atom stereocenters. The molecule has 2 aromatic carbocycles. The second kappa shape index (κ2) is 6.54. The molecule has 1 N–H and O–H groups in total. The third kappa shape index (κ3) is 3.43. The van der Waals surface area contributed by atoms with E-state index in [-0.39, 0.29) is 11.6 Å². The Morgan fingerprint density at radius 1 is 1.08 bits per heavy atom. The lowest BCUT2D eigenvalue weighted by molar-refractivity contribution is 0.0280. The van der Waals surface area contributed by atoms with Crippen molar-refractivity contribution in [2.45, 2.75) is 20.0 Å². The standard InChI is InChI=1S/C18H16N2O4/c1-11-3-5-13(6-4-11)17-20-19-16(24-17)12(2)23-18(22)14-7-9-15(21)10-8-14/h3-10,12,21H,1-2H3/t12-/m1/s1. The molecular weight excluding hydrogens is 308 g/mol. The van der Waals surface area contributed by atoms with E-state index in [1.54, 1.807) is 6.92 Å². The van der Waals surface area contributed by atoms with Gasteiger partial charge in [0.05, 0.1) is 5.56 Å². The van der Waals surface area contributed by atoms with Crippen LogP contribution in [0.1, 0.15) is 34.8 Å². The number of carbonyl (C=O) groups is 1. The zero-order chi connectivity index (χ0) is 17.1. The fraction of sp³-hybridized carbons (Fsp3) is 0.167. The second-order valence-corrected chi connectivity index (χ2v) is 5.41. The van der Waals surface area contributed by atoms with Gasteiger partial charge in [0.15, 0.2) is 6.10 Å². The first kappa shape index (κ1) is 15.7. The van der Waals surface area contributed by atoms with Crippen LogP contribution in [0.3, 0.4) is 0 Å². The number of aromatic hydroxyl groups is 1. The molecule has 0 aliphatic carbocycles. The Bertz CT molecular complexity index is 838. The van der Waals surface area contributed by atoms with Gasteiger partial charge in [0.2, 0.25) is 5.89 Å². The number of rotatable bonds is 4. The predicted octanol–water partition coefficient (Wildman–Crippen LogP) is 3.67. The van der Waals surface area contributed by atoms with E-state index in [0.29, 0.717) is 11.5 Å². The molecule has 0 radical (unpaired) electrons. The Hall–Kier alpha value is -3.15. The van der Waals surface area contributed by atoms with Gasteiger partial charge < -0.3 is 14.3 Å². The summed E-state index contributed by atoms with van der Waals surface area (Å²) in [6.07, 6.45) is -0.682. The first-order valence-corrected chi connectivity index (χ1v) is 7.43. The first-order valence-electron chi connectivity index (χ1n) is 7.43. The Morgan fingerprint density at radius 3 is 2.42 bits per heavy atom. The average molecular weight is 324 g/mol. The zero-order valence-corrected chi connectivity index (χ0v) is 13.3. The summed E-state index contributed by atoms with van der Waals surface area (Å²) < 4.78 is 10.9. The topological polar surface area (TPSA) is 85.5 Å². The number of hydrogen-bond donors (Lipinski definition) is 1. The van der Waals surface area contributed by atoms with Crippen LogP contribution in [0, 0.1) is 6.92 Å². The minimum absolute atomic E-state index is 0.0826. The van der Waals surface area contributed by atoms with Gasteiger partial charge in [-0.05, 0) is 50.2 Å². The number of carbonyl (C=O) groups excluding carboxylic acids is 1. The van der Waals surface area contributed by atoms with Gasteiger partial charge in [-0.2, -0.15) is 0 Å². The predicted molar refractivity (Wildman–Crippen MR) is 86.4 cm³/mol. The van der Waals surface area contributed by atoms with Gasteiger partial charge in [0, 0.05) is 5.56 Å². The monoisotopic (exact) mass is 324 g/mol. The van der Waals surface area contributed by atoms with E-state index < -0.39 is 12.1 Å². The van der Waals surface area contributed by atoms with Crippen molar-refractivity contribution in [3.05, 3.63) is 65.5 Å². The van der Waals surface area contributed by atoms with Gasteiger partial charge in [0.1, 0.15) is 5.75 Å². The van der Waals surface area contributed by atoms with Crippen LogP contribution in [0.4, 0.5) is 0 Å². The lowest BCUT2D eigenvalue weighted by Crippen LogP contribution is -2.09. The van der Waals surface area contributed by atoms with Gasteiger partial charge >= 0.3 is 5.97 Å². The smallest absolute Gasteiger partial charge is 0.338 e. The molecule has 122 valence electrons. The number of phenols is 1. The lowest BCUT2D eigenvalue weighted by Gasteiger charge is -2.09. The van der Waals surface area contributed by atoms with Crippen molar-refractivity contribution < 1.29 is 19.1 Å². The van der Waals surface area contributed by atoms with Crippen LogP contribution in [0.2, 0.25) is 0 Å². The van der Waals surface area contributed by atoms with Crippen molar-refractivity contribution in [1.82, 2.24) is 10.2 Å². The van der Waals surface area contributed by atoms with E-state index in [1.807, 2.05) is 31.2 Å². The van der Waals surface area contributed by atoms with E-state index in [4.69, 9.17) is 9.15 Å². The average Bonchev–Trinajstić information content (AvgIpc) is 3.06. The highest BCUT2D eigenvalue weighted by Crippen LogP contribution is 2.23. The van der Waals surface area contributed by atoms with E-state index in [9.17, 15) is 9.90 Å². The summed E-state index contributed by atoms with van der Waals surface area (Å²) in [6, 6.07) is 13.5. The highest BCUT2D eigenvalue weighted by Gasteiger charge is 2.20. The number of aromatic nitrogens is 2. The molecule has 0 fully saturated rings. The summed E-state index contributed by atoms with van der Waals surface area (Å²) in [5.74, 6) is 0.145. The lowest BCUT2D eigenvalue weighted by atomic mass is 10.1. The maximum atomic E-state index is 12.1. The maximum absolute atomic E-state index is 12.1. The molecule has 0 unspecified atom stereocenters. The van der Waals surface area contributed by atoms with Gasteiger partial charge in [-0.3, -0.25) is 0 Å². The summed E-state index contributed by atoms with van der Waals surface area (Å²) in [6.45, 7) is 3.65. The second-order valence-electron chi connectivity index (χ2n) is 5.41. The number of aryl methyl sites for hydroxylation is 1. The van der Waals surface area contributed by atoms with E-state index in [0.717, 1.165) is 11.1 Å². The molecule has 6 nitrogen and oxygen atoms in total. The molecule has 6 heteroatoms. The molecule has 0 aliphatic rings. The molecule has 24 heavy (non-hydrogen) atoms. The van der Waals surface area contributed by atoms with Gasteiger partial charge in [0.25, 0.3) is 5.89 Å². The fourth-order valence-electron chi connectivity index (χ4n) is 2.09. The summed E-state index contributed by atoms with van der Waals surface area (Å²) in [5, 5.41) is 17.2. The Labute approximate surface area is 138 Å². The highest BCUT2D eigenvalue weighted by atomic mass is 16.6. The molecule has 0 saturated carbocycles. The molecular formula is C18H16N2O4. The van der Waals surface area contributed by atoms with Crippen LogP contribution in [-0.2, 0) is 4.74 Å². The van der Waals surface area contributed by atoms with Crippen LogP contribution in [0.25, 0.3) is 11.5 Å². The highest BCUT2D eigenvalue weighted by molar-refractivity contribution is 5.89. The first-order chi connectivity index (χ1) is 11.5. The van der Waals surface area contributed by atoms with E-state index in [1.165, 1.54) is 24.3 Å². The molecule has 1 aromatic heterocycles. The van der Waals surface area contributed by atoms with Crippen molar-refractivity contribution >= 4 is 5.97 Å². The summed E-state index contributed by atoms with van der Waals surface area (Å²) in [7, 11) is 0. The minimum Gasteiger partial charge on any atom is -0.508 e. The molecule has 0 spiro atoms. The largest absolute Gasteiger partial charge is 0.508 e. The zero-order valence-electron chi connectivity index (χ0n) is 13.3. The molecule has 1 heterocycles. The van der Waals surface area contributed by atoms with Crippen molar-refractivity contribution in [3.63, 3.8) is 0 Å². The number of esters is 1. The van der Waals surface area contributed by atoms with Crippen LogP contribution < -0.4 is 0 Å². The third-order valence-electron chi connectivity index (χ3n) is 3.47. The van der Waals surface area contributed by atoms with Gasteiger partial charge in [-0.1, -0.05) is 17.7 Å². The van der Waals surface area contributed by atoms with E-state index >= 15 is 0 Å².